The Morgan fingerprint density at radius 3 is 2.50 bits per heavy atom. The first kappa shape index (κ1) is 13.2. The first-order valence-corrected chi connectivity index (χ1v) is 6.93. The van der Waals surface area contributed by atoms with Crippen molar-refractivity contribution in [3.63, 3.8) is 0 Å². The molecule has 0 saturated carbocycles. The van der Waals surface area contributed by atoms with Crippen LogP contribution in [-0.2, 0) is 6.42 Å². The molecule has 0 aliphatic carbocycles. The van der Waals surface area contributed by atoms with Crippen molar-refractivity contribution in [3.8, 4) is 0 Å². The molecule has 0 spiro atoms. The Hall–Kier alpha value is -1.22. The Morgan fingerprint density at radius 2 is 1.83 bits per heavy atom. The highest BCUT2D eigenvalue weighted by Gasteiger charge is 2.11. The number of aliphatic imine (C=N–C) groups is 1. The van der Waals surface area contributed by atoms with Crippen molar-refractivity contribution < 1.29 is 0 Å². The first-order chi connectivity index (χ1) is 8.75. The average Bonchev–Trinajstić information content (AvgIpc) is 2.42. The summed E-state index contributed by atoms with van der Waals surface area (Å²) < 4.78 is 0. The third-order valence-corrected chi connectivity index (χ3v) is 3.52. The van der Waals surface area contributed by atoms with E-state index in [4.69, 9.17) is 17.3 Å². The summed E-state index contributed by atoms with van der Waals surface area (Å²) in [6, 6.07) is 7.90. The molecule has 0 bridgehead atoms. The Balaban J connectivity index is 1.81. The molecule has 1 fully saturated rings. The molecule has 2 rings (SSSR count). The molecule has 1 aromatic rings. The molecule has 1 heterocycles. The van der Waals surface area contributed by atoms with E-state index in [1.807, 2.05) is 24.3 Å². The highest BCUT2D eigenvalue weighted by Crippen LogP contribution is 2.10. The number of likely N-dealkylation sites (tertiary alicyclic amines) is 1. The minimum absolute atomic E-state index is 0.698. The molecule has 0 unspecified atom stereocenters. The van der Waals surface area contributed by atoms with E-state index >= 15 is 0 Å². The minimum Gasteiger partial charge on any atom is -0.370 e. The molecule has 0 radical (unpaired) electrons. The lowest BCUT2D eigenvalue weighted by atomic mass is 10.1. The predicted molar refractivity (Wildman–Crippen MR) is 77.1 cm³/mol. The van der Waals surface area contributed by atoms with Crippen LogP contribution in [0, 0.1) is 0 Å². The smallest absolute Gasteiger partial charge is 0.191 e. The molecule has 0 atom stereocenters. The van der Waals surface area contributed by atoms with Crippen molar-refractivity contribution >= 4 is 17.6 Å². The number of benzene rings is 1. The van der Waals surface area contributed by atoms with Gasteiger partial charge in [-0.25, -0.2) is 0 Å². The number of guanidine groups is 1. The van der Waals surface area contributed by atoms with Gasteiger partial charge in [0.15, 0.2) is 5.96 Å². The van der Waals surface area contributed by atoms with Gasteiger partial charge in [-0.15, -0.1) is 0 Å². The largest absolute Gasteiger partial charge is 0.370 e. The first-order valence-electron chi connectivity index (χ1n) is 6.55. The number of piperidine rings is 1. The van der Waals surface area contributed by atoms with Crippen LogP contribution in [-0.4, -0.2) is 30.5 Å². The lowest BCUT2D eigenvalue weighted by molar-refractivity contribution is 0.338. The Labute approximate surface area is 114 Å². The number of rotatable bonds is 3. The fourth-order valence-corrected chi connectivity index (χ4v) is 2.30. The number of hydrogen-bond acceptors (Lipinski definition) is 1. The summed E-state index contributed by atoms with van der Waals surface area (Å²) in [5.41, 5.74) is 7.24. The number of halogens is 1. The topological polar surface area (TPSA) is 41.6 Å². The minimum atomic E-state index is 0.698. The van der Waals surface area contributed by atoms with Crippen molar-refractivity contribution in [3.05, 3.63) is 34.9 Å². The van der Waals surface area contributed by atoms with Gasteiger partial charge in [0.05, 0.1) is 0 Å². The summed E-state index contributed by atoms with van der Waals surface area (Å²) >= 11 is 5.84. The average molecular weight is 266 g/mol. The molecular weight excluding hydrogens is 246 g/mol. The monoisotopic (exact) mass is 265 g/mol. The summed E-state index contributed by atoms with van der Waals surface area (Å²) in [6.07, 6.45) is 4.68. The zero-order chi connectivity index (χ0) is 12.8. The van der Waals surface area contributed by atoms with Gasteiger partial charge in [0.25, 0.3) is 0 Å². The molecule has 98 valence electrons. The van der Waals surface area contributed by atoms with Gasteiger partial charge >= 0.3 is 0 Å². The molecule has 3 nitrogen and oxygen atoms in total. The van der Waals surface area contributed by atoms with Gasteiger partial charge < -0.3 is 10.6 Å². The second-order valence-corrected chi connectivity index (χ2v) is 5.10. The molecule has 4 heteroatoms. The van der Waals surface area contributed by atoms with Crippen molar-refractivity contribution in [2.75, 3.05) is 19.6 Å². The van der Waals surface area contributed by atoms with Crippen LogP contribution in [0.2, 0.25) is 5.02 Å². The van der Waals surface area contributed by atoms with Gasteiger partial charge in [-0.05, 0) is 43.4 Å². The Morgan fingerprint density at radius 1 is 1.17 bits per heavy atom. The summed E-state index contributed by atoms with van der Waals surface area (Å²) in [5, 5.41) is 0.773. The molecule has 2 N–H and O–H groups in total. The van der Waals surface area contributed by atoms with Gasteiger partial charge in [-0.3, -0.25) is 4.99 Å². The number of hydrogen-bond donors (Lipinski definition) is 1. The van der Waals surface area contributed by atoms with Crippen molar-refractivity contribution in [2.45, 2.75) is 25.7 Å². The standard InChI is InChI=1S/C14H20ClN3/c15-13-6-4-12(5-7-13)8-9-17-14(16)18-10-2-1-3-11-18/h4-7H,1-3,8-11H2,(H2,16,17). The molecule has 0 amide bonds. The second kappa shape index (κ2) is 6.64. The summed E-state index contributed by atoms with van der Waals surface area (Å²) in [6.45, 7) is 2.84. The van der Waals surface area contributed by atoms with Gasteiger partial charge in [0.1, 0.15) is 0 Å². The van der Waals surface area contributed by atoms with E-state index in [-0.39, 0.29) is 0 Å². The molecule has 1 aliphatic rings. The van der Waals surface area contributed by atoms with Crippen molar-refractivity contribution in [1.82, 2.24) is 4.90 Å². The maximum absolute atomic E-state index is 5.99. The maximum Gasteiger partial charge on any atom is 0.191 e. The van der Waals surface area contributed by atoms with Gasteiger partial charge in [-0.1, -0.05) is 23.7 Å². The van der Waals surface area contributed by atoms with E-state index in [1.165, 1.54) is 24.8 Å². The molecule has 0 aromatic heterocycles. The predicted octanol–water partition coefficient (Wildman–Crippen LogP) is 2.68. The van der Waals surface area contributed by atoms with Crippen molar-refractivity contribution in [2.24, 2.45) is 10.7 Å². The zero-order valence-electron chi connectivity index (χ0n) is 10.6. The normalized spacial score (nSPS) is 16.9. The van der Waals surface area contributed by atoms with Crippen LogP contribution < -0.4 is 5.73 Å². The highest BCUT2D eigenvalue weighted by atomic mass is 35.5. The van der Waals surface area contributed by atoms with Gasteiger partial charge in [-0.2, -0.15) is 0 Å². The molecule has 1 saturated heterocycles. The van der Waals surface area contributed by atoms with E-state index in [0.29, 0.717) is 5.96 Å². The summed E-state index contributed by atoms with van der Waals surface area (Å²) in [5.74, 6) is 0.698. The van der Waals surface area contributed by atoms with E-state index in [9.17, 15) is 0 Å². The van der Waals surface area contributed by atoms with E-state index < -0.39 is 0 Å². The van der Waals surface area contributed by atoms with Crippen LogP contribution in [0.3, 0.4) is 0 Å². The van der Waals surface area contributed by atoms with Gasteiger partial charge in [0, 0.05) is 24.7 Å². The third kappa shape index (κ3) is 3.91. The van der Waals surface area contributed by atoms with Crippen LogP contribution in [0.4, 0.5) is 0 Å². The lowest BCUT2D eigenvalue weighted by Gasteiger charge is -2.27. The number of nitrogens with zero attached hydrogens (tertiary/aromatic N) is 2. The zero-order valence-corrected chi connectivity index (χ0v) is 11.4. The lowest BCUT2D eigenvalue weighted by Crippen LogP contribution is -2.41. The van der Waals surface area contributed by atoms with Crippen LogP contribution in [0.5, 0.6) is 0 Å². The summed E-state index contributed by atoms with van der Waals surface area (Å²) in [4.78, 5) is 6.64. The van der Waals surface area contributed by atoms with E-state index in [0.717, 1.165) is 31.1 Å². The number of nitrogens with two attached hydrogens (primary N) is 1. The SMILES string of the molecule is NC(=NCCc1ccc(Cl)cc1)N1CCCCC1. The molecule has 1 aromatic carbocycles. The highest BCUT2D eigenvalue weighted by molar-refractivity contribution is 6.30. The fraction of sp³-hybridized carbons (Fsp3) is 0.500. The summed E-state index contributed by atoms with van der Waals surface area (Å²) in [7, 11) is 0. The maximum atomic E-state index is 5.99. The second-order valence-electron chi connectivity index (χ2n) is 4.66. The van der Waals surface area contributed by atoms with Crippen molar-refractivity contribution in [1.29, 1.82) is 0 Å². The van der Waals surface area contributed by atoms with E-state index in [1.54, 1.807) is 0 Å². The van der Waals surface area contributed by atoms with Crippen LogP contribution in [0.1, 0.15) is 24.8 Å². The molecule has 1 aliphatic heterocycles. The Bertz CT molecular complexity index is 394. The van der Waals surface area contributed by atoms with Gasteiger partial charge in [0.2, 0.25) is 0 Å². The fourth-order valence-electron chi connectivity index (χ4n) is 2.17. The molecule has 18 heavy (non-hydrogen) atoms. The van der Waals surface area contributed by atoms with Crippen LogP contribution >= 0.6 is 11.6 Å². The Kier molecular flexibility index (Phi) is 4.88. The quantitative estimate of drug-likeness (QED) is 0.674. The van der Waals surface area contributed by atoms with E-state index in [2.05, 4.69) is 9.89 Å². The molecular formula is C14H20ClN3. The van der Waals surface area contributed by atoms with Crippen LogP contribution in [0.25, 0.3) is 0 Å². The van der Waals surface area contributed by atoms with Crippen LogP contribution in [0.15, 0.2) is 29.3 Å². The third-order valence-electron chi connectivity index (χ3n) is 3.27.